The molecule has 0 aromatic heterocycles. The van der Waals surface area contributed by atoms with E-state index in [2.05, 4.69) is 6.92 Å². The van der Waals surface area contributed by atoms with Gasteiger partial charge in [0.25, 0.3) is 0 Å². The van der Waals surface area contributed by atoms with Crippen molar-refractivity contribution < 1.29 is 4.74 Å². The summed E-state index contributed by atoms with van der Waals surface area (Å²) in [4.78, 5) is 0. The minimum Gasteiger partial charge on any atom is -0.494 e. The van der Waals surface area contributed by atoms with Gasteiger partial charge in [0.15, 0.2) is 0 Å². The van der Waals surface area contributed by atoms with Crippen molar-refractivity contribution in [1.29, 1.82) is 0 Å². The molecule has 0 aliphatic carbocycles. The van der Waals surface area contributed by atoms with Crippen LogP contribution in [0.4, 0.5) is 0 Å². The summed E-state index contributed by atoms with van der Waals surface area (Å²) in [5.74, 6) is 0.912. The highest BCUT2D eigenvalue weighted by Crippen LogP contribution is 2.17. The molecule has 1 aromatic rings. The summed E-state index contributed by atoms with van der Waals surface area (Å²) in [7, 11) is 0. The van der Waals surface area contributed by atoms with E-state index in [1.165, 1.54) is 5.56 Å². The van der Waals surface area contributed by atoms with Crippen molar-refractivity contribution in [3.8, 4) is 5.75 Å². The first-order chi connectivity index (χ1) is 6.27. The second kappa shape index (κ2) is 6.68. The van der Waals surface area contributed by atoms with Crippen LogP contribution in [0.2, 0.25) is 0 Å². The molecule has 1 rings (SSSR count). The number of nitrogens with two attached hydrogens (primary N) is 1. The molecule has 0 bridgehead atoms. The molecule has 1 aromatic carbocycles. The van der Waals surface area contributed by atoms with Gasteiger partial charge in [-0.1, -0.05) is 19.1 Å². The van der Waals surface area contributed by atoms with Gasteiger partial charge in [-0.05, 0) is 31.0 Å². The van der Waals surface area contributed by atoms with Gasteiger partial charge in [0.1, 0.15) is 5.75 Å². The van der Waals surface area contributed by atoms with E-state index in [0.29, 0.717) is 6.61 Å². The lowest BCUT2D eigenvalue weighted by Crippen LogP contribution is -2.08. The molecular formula is C11H18ClNO. The predicted molar refractivity (Wildman–Crippen MR) is 62.1 cm³/mol. The van der Waals surface area contributed by atoms with Crippen LogP contribution in [0.5, 0.6) is 5.75 Å². The SMILES string of the molecule is CCOc1ccc([C@H](N)CC)cc1.Cl. The highest BCUT2D eigenvalue weighted by molar-refractivity contribution is 5.85. The number of ether oxygens (including phenoxy) is 1. The number of hydrogen-bond donors (Lipinski definition) is 1. The molecule has 2 N–H and O–H groups in total. The molecular weight excluding hydrogens is 198 g/mol. The Bertz CT molecular complexity index is 248. The molecule has 0 aliphatic heterocycles. The van der Waals surface area contributed by atoms with E-state index in [1.54, 1.807) is 0 Å². The molecule has 3 heteroatoms. The van der Waals surface area contributed by atoms with Gasteiger partial charge in [0.05, 0.1) is 6.61 Å². The summed E-state index contributed by atoms with van der Waals surface area (Å²) >= 11 is 0. The zero-order valence-corrected chi connectivity index (χ0v) is 9.51. The van der Waals surface area contributed by atoms with E-state index in [4.69, 9.17) is 10.5 Å². The van der Waals surface area contributed by atoms with Crippen LogP contribution in [0.15, 0.2) is 24.3 Å². The smallest absolute Gasteiger partial charge is 0.119 e. The van der Waals surface area contributed by atoms with Crippen LogP contribution in [0.25, 0.3) is 0 Å². The van der Waals surface area contributed by atoms with Crippen molar-refractivity contribution in [2.75, 3.05) is 6.61 Å². The second-order valence-electron chi connectivity index (χ2n) is 3.02. The number of benzene rings is 1. The fourth-order valence-corrected chi connectivity index (χ4v) is 1.21. The fraction of sp³-hybridized carbons (Fsp3) is 0.455. The first-order valence-electron chi connectivity index (χ1n) is 4.76. The Labute approximate surface area is 91.9 Å². The predicted octanol–water partition coefficient (Wildman–Crippen LogP) is 2.92. The molecule has 0 saturated heterocycles. The van der Waals surface area contributed by atoms with Gasteiger partial charge in [-0.25, -0.2) is 0 Å². The van der Waals surface area contributed by atoms with Gasteiger partial charge in [-0.15, -0.1) is 12.4 Å². The molecule has 14 heavy (non-hydrogen) atoms. The summed E-state index contributed by atoms with van der Waals surface area (Å²) in [5.41, 5.74) is 7.05. The molecule has 80 valence electrons. The number of hydrogen-bond acceptors (Lipinski definition) is 2. The Hall–Kier alpha value is -0.730. The van der Waals surface area contributed by atoms with E-state index < -0.39 is 0 Å². The third-order valence-corrected chi connectivity index (χ3v) is 2.06. The standard InChI is InChI=1S/C11H17NO.ClH/c1-3-11(12)9-5-7-10(8-6-9)13-4-2;/h5-8,11H,3-4,12H2,1-2H3;1H/t11-;/m1./s1. The fourth-order valence-electron chi connectivity index (χ4n) is 1.21. The van der Waals surface area contributed by atoms with E-state index in [9.17, 15) is 0 Å². The Kier molecular flexibility index (Phi) is 6.34. The first-order valence-corrected chi connectivity index (χ1v) is 4.76. The van der Waals surface area contributed by atoms with E-state index in [0.717, 1.165) is 12.2 Å². The topological polar surface area (TPSA) is 35.2 Å². The summed E-state index contributed by atoms with van der Waals surface area (Å²) in [6.07, 6.45) is 0.966. The van der Waals surface area contributed by atoms with E-state index in [1.807, 2.05) is 31.2 Å². The Morgan fingerprint density at radius 3 is 2.21 bits per heavy atom. The van der Waals surface area contributed by atoms with Gasteiger partial charge in [0, 0.05) is 6.04 Å². The van der Waals surface area contributed by atoms with Crippen molar-refractivity contribution in [2.45, 2.75) is 26.3 Å². The largest absolute Gasteiger partial charge is 0.494 e. The van der Waals surface area contributed by atoms with Crippen molar-refractivity contribution in [3.05, 3.63) is 29.8 Å². The van der Waals surface area contributed by atoms with Crippen molar-refractivity contribution in [2.24, 2.45) is 5.73 Å². The molecule has 0 spiro atoms. The molecule has 0 unspecified atom stereocenters. The van der Waals surface area contributed by atoms with Gasteiger partial charge < -0.3 is 10.5 Å². The molecule has 2 nitrogen and oxygen atoms in total. The van der Waals surface area contributed by atoms with E-state index in [-0.39, 0.29) is 18.4 Å². The van der Waals surface area contributed by atoms with Crippen LogP contribution in [-0.2, 0) is 0 Å². The molecule has 0 aliphatic rings. The number of halogens is 1. The van der Waals surface area contributed by atoms with Gasteiger partial charge in [0.2, 0.25) is 0 Å². The minimum atomic E-state index is 0. The zero-order chi connectivity index (χ0) is 9.68. The second-order valence-corrected chi connectivity index (χ2v) is 3.02. The molecule has 0 heterocycles. The lowest BCUT2D eigenvalue weighted by molar-refractivity contribution is 0.340. The third-order valence-electron chi connectivity index (χ3n) is 2.06. The van der Waals surface area contributed by atoms with Crippen LogP contribution in [-0.4, -0.2) is 6.61 Å². The molecule has 0 amide bonds. The molecule has 0 radical (unpaired) electrons. The maximum absolute atomic E-state index is 5.88. The maximum Gasteiger partial charge on any atom is 0.119 e. The van der Waals surface area contributed by atoms with Gasteiger partial charge in [-0.2, -0.15) is 0 Å². The lowest BCUT2D eigenvalue weighted by atomic mass is 10.1. The monoisotopic (exact) mass is 215 g/mol. The van der Waals surface area contributed by atoms with Crippen molar-refractivity contribution >= 4 is 12.4 Å². The van der Waals surface area contributed by atoms with E-state index >= 15 is 0 Å². The molecule has 0 fully saturated rings. The zero-order valence-electron chi connectivity index (χ0n) is 8.69. The van der Waals surface area contributed by atoms with Gasteiger partial charge >= 0.3 is 0 Å². The average molecular weight is 216 g/mol. The average Bonchev–Trinajstić information content (AvgIpc) is 2.18. The van der Waals surface area contributed by atoms with Crippen LogP contribution < -0.4 is 10.5 Å². The molecule has 1 atom stereocenters. The summed E-state index contributed by atoms with van der Waals surface area (Å²) < 4.78 is 5.33. The van der Waals surface area contributed by atoms with Gasteiger partial charge in [-0.3, -0.25) is 0 Å². The Morgan fingerprint density at radius 1 is 1.21 bits per heavy atom. The maximum atomic E-state index is 5.88. The van der Waals surface area contributed by atoms with Crippen LogP contribution in [0.1, 0.15) is 31.9 Å². The normalized spacial score (nSPS) is 11.6. The van der Waals surface area contributed by atoms with Crippen LogP contribution in [0.3, 0.4) is 0 Å². The highest BCUT2D eigenvalue weighted by atomic mass is 35.5. The lowest BCUT2D eigenvalue weighted by Gasteiger charge is -2.09. The highest BCUT2D eigenvalue weighted by Gasteiger charge is 2.02. The summed E-state index contributed by atoms with van der Waals surface area (Å²) in [6.45, 7) is 4.77. The van der Waals surface area contributed by atoms with Crippen LogP contribution >= 0.6 is 12.4 Å². The summed E-state index contributed by atoms with van der Waals surface area (Å²) in [5, 5.41) is 0. The molecule has 0 saturated carbocycles. The third kappa shape index (κ3) is 3.56. The van der Waals surface area contributed by atoms with Crippen molar-refractivity contribution in [3.63, 3.8) is 0 Å². The minimum absolute atomic E-state index is 0. The Morgan fingerprint density at radius 2 is 1.79 bits per heavy atom. The summed E-state index contributed by atoms with van der Waals surface area (Å²) in [6, 6.07) is 8.14. The van der Waals surface area contributed by atoms with Crippen LogP contribution in [0, 0.1) is 0 Å². The first kappa shape index (κ1) is 13.3. The Balaban J connectivity index is 0.00000169. The number of rotatable bonds is 4. The quantitative estimate of drug-likeness (QED) is 0.838. The van der Waals surface area contributed by atoms with Crippen molar-refractivity contribution in [1.82, 2.24) is 0 Å².